The summed E-state index contributed by atoms with van der Waals surface area (Å²) in [5, 5.41) is 0.00954. The van der Waals surface area contributed by atoms with Crippen LogP contribution in [0.25, 0.3) is 0 Å². The predicted octanol–water partition coefficient (Wildman–Crippen LogP) is 4.42. The fourth-order valence-corrected chi connectivity index (χ4v) is 3.70. The minimum absolute atomic E-state index is 0.00954. The number of aryl methyl sites for hydroxylation is 2. The molecule has 0 aliphatic rings. The monoisotopic (exact) mass is 343 g/mol. The van der Waals surface area contributed by atoms with Crippen LogP contribution in [0.3, 0.4) is 0 Å². The zero-order valence-electron chi connectivity index (χ0n) is 14.7. The average Bonchev–Trinajstić information content (AvgIpc) is 2.54. The van der Waals surface area contributed by atoms with Gasteiger partial charge in [-0.25, -0.2) is 0 Å². The number of hydrogen-bond donors (Lipinski definition) is 1. The minimum Gasteiger partial charge on any atom is -0.460 e. The molecule has 3 nitrogen and oxygen atoms in total. The summed E-state index contributed by atoms with van der Waals surface area (Å²) >= 11 is 1.72. The molecule has 2 rings (SSSR count). The molecule has 0 saturated heterocycles. The molecule has 3 atom stereocenters. The Morgan fingerprint density at radius 1 is 1.08 bits per heavy atom. The zero-order valence-corrected chi connectivity index (χ0v) is 15.5. The van der Waals surface area contributed by atoms with Crippen molar-refractivity contribution in [3.63, 3.8) is 0 Å². The molecule has 0 amide bonds. The molecule has 0 radical (unpaired) electrons. The Labute approximate surface area is 148 Å². The van der Waals surface area contributed by atoms with E-state index in [1.165, 1.54) is 16.0 Å². The largest absolute Gasteiger partial charge is 0.460 e. The third-order valence-corrected chi connectivity index (χ3v) is 5.43. The van der Waals surface area contributed by atoms with E-state index in [0.717, 1.165) is 5.56 Å². The maximum Gasteiger partial charge on any atom is 0.322 e. The molecule has 0 saturated carbocycles. The van der Waals surface area contributed by atoms with Gasteiger partial charge >= 0.3 is 5.97 Å². The maximum absolute atomic E-state index is 11.9. The van der Waals surface area contributed by atoms with E-state index in [2.05, 4.69) is 44.2 Å². The number of hydrogen-bond acceptors (Lipinski definition) is 4. The summed E-state index contributed by atoms with van der Waals surface area (Å²) in [6.07, 6.45) is -0.281. The van der Waals surface area contributed by atoms with Gasteiger partial charge in [-0.3, -0.25) is 4.79 Å². The van der Waals surface area contributed by atoms with E-state index in [0.29, 0.717) is 0 Å². The Bertz CT molecular complexity index is 685. The molecule has 2 aromatic carbocycles. The lowest BCUT2D eigenvalue weighted by Gasteiger charge is -2.25. The summed E-state index contributed by atoms with van der Waals surface area (Å²) in [5.74, 6) is -0.371. The van der Waals surface area contributed by atoms with Gasteiger partial charge in [0.15, 0.2) is 0 Å². The van der Waals surface area contributed by atoms with Gasteiger partial charge in [-0.05, 0) is 44.9 Å². The van der Waals surface area contributed by atoms with Crippen molar-refractivity contribution in [3.05, 3.63) is 65.2 Å². The van der Waals surface area contributed by atoms with Crippen LogP contribution in [0.1, 0.15) is 35.8 Å². The fourth-order valence-electron chi connectivity index (χ4n) is 2.50. The number of carbonyl (C=O) groups excluding carboxylic acids is 1. The van der Waals surface area contributed by atoms with Gasteiger partial charge < -0.3 is 10.5 Å². The molecule has 0 spiro atoms. The number of benzene rings is 2. The Balaban J connectivity index is 2.28. The predicted molar refractivity (Wildman–Crippen MR) is 100 cm³/mol. The molecular weight excluding hydrogens is 318 g/mol. The van der Waals surface area contributed by atoms with Gasteiger partial charge in [0.25, 0.3) is 0 Å². The van der Waals surface area contributed by atoms with Crippen molar-refractivity contribution in [1.82, 2.24) is 0 Å². The summed E-state index contributed by atoms with van der Waals surface area (Å²) in [4.78, 5) is 13.1. The fraction of sp³-hybridized carbons (Fsp3) is 0.350. The lowest BCUT2D eigenvalue weighted by molar-refractivity contribution is -0.149. The first-order valence-corrected chi connectivity index (χ1v) is 9.01. The molecule has 0 aliphatic heterocycles. The van der Waals surface area contributed by atoms with Gasteiger partial charge in [0.1, 0.15) is 12.1 Å². The molecule has 24 heavy (non-hydrogen) atoms. The molecule has 0 aromatic heterocycles. The lowest BCUT2D eigenvalue weighted by atomic mass is 10.1. The average molecular weight is 343 g/mol. The Morgan fingerprint density at radius 3 is 2.33 bits per heavy atom. The normalized spacial score (nSPS) is 14.7. The highest BCUT2D eigenvalue weighted by Gasteiger charge is 2.25. The van der Waals surface area contributed by atoms with Crippen molar-refractivity contribution < 1.29 is 9.53 Å². The van der Waals surface area contributed by atoms with Crippen molar-refractivity contribution in [3.8, 4) is 0 Å². The zero-order chi connectivity index (χ0) is 17.7. The van der Waals surface area contributed by atoms with Crippen LogP contribution in [0.5, 0.6) is 0 Å². The van der Waals surface area contributed by atoms with Crippen molar-refractivity contribution in [2.24, 2.45) is 5.73 Å². The van der Waals surface area contributed by atoms with Gasteiger partial charge in [-0.15, -0.1) is 11.8 Å². The van der Waals surface area contributed by atoms with Crippen LogP contribution >= 0.6 is 11.8 Å². The van der Waals surface area contributed by atoms with Crippen molar-refractivity contribution in [2.75, 3.05) is 0 Å². The summed E-state index contributed by atoms with van der Waals surface area (Å²) in [5.41, 5.74) is 9.24. The second-order valence-corrected chi connectivity index (χ2v) is 7.33. The highest BCUT2D eigenvalue weighted by Crippen LogP contribution is 2.40. The van der Waals surface area contributed by atoms with Gasteiger partial charge in [0.2, 0.25) is 0 Å². The second kappa shape index (κ2) is 8.36. The van der Waals surface area contributed by atoms with Crippen LogP contribution in [-0.2, 0) is 9.53 Å². The first kappa shape index (κ1) is 18.6. The van der Waals surface area contributed by atoms with Crippen LogP contribution in [0.2, 0.25) is 0 Å². The quantitative estimate of drug-likeness (QED) is 0.623. The summed E-state index contributed by atoms with van der Waals surface area (Å²) in [6, 6.07) is 15.9. The smallest absolute Gasteiger partial charge is 0.322 e. The number of rotatable bonds is 6. The van der Waals surface area contributed by atoms with E-state index < -0.39 is 6.04 Å². The molecule has 4 heteroatoms. The minimum atomic E-state index is -0.616. The van der Waals surface area contributed by atoms with E-state index in [1.807, 2.05) is 25.1 Å². The molecule has 0 fully saturated rings. The number of ether oxygens (including phenoxy) is 1. The summed E-state index contributed by atoms with van der Waals surface area (Å²) in [7, 11) is 0. The van der Waals surface area contributed by atoms with Gasteiger partial charge in [0, 0.05) is 4.90 Å². The maximum atomic E-state index is 11.9. The van der Waals surface area contributed by atoms with E-state index >= 15 is 0 Å². The van der Waals surface area contributed by atoms with E-state index in [-0.39, 0.29) is 17.3 Å². The van der Waals surface area contributed by atoms with Crippen molar-refractivity contribution in [2.45, 2.75) is 50.0 Å². The van der Waals surface area contributed by atoms with Crippen molar-refractivity contribution >= 4 is 17.7 Å². The molecule has 0 bridgehead atoms. The molecule has 2 N–H and O–H groups in total. The van der Waals surface area contributed by atoms with Gasteiger partial charge in [0.05, 0.1) is 5.25 Å². The Kier molecular flexibility index (Phi) is 6.46. The number of nitrogens with two attached hydrogens (primary N) is 1. The van der Waals surface area contributed by atoms with Crippen LogP contribution in [0.15, 0.2) is 53.4 Å². The van der Waals surface area contributed by atoms with E-state index in [1.54, 1.807) is 18.7 Å². The molecule has 2 aromatic rings. The van der Waals surface area contributed by atoms with Crippen LogP contribution in [-0.4, -0.2) is 18.1 Å². The highest BCUT2D eigenvalue weighted by atomic mass is 32.2. The molecule has 0 unspecified atom stereocenters. The SMILES string of the molecule is Cc1ccc(S[C@H](c2ccccc2)[C@H](C)OC(=O)[C@H](C)N)c(C)c1. The van der Waals surface area contributed by atoms with Crippen molar-refractivity contribution in [1.29, 1.82) is 0 Å². The molecule has 0 aliphatic carbocycles. The number of carbonyl (C=O) groups is 1. The third kappa shape index (κ3) is 4.86. The van der Waals surface area contributed by atoms with Crippen LogP contribution in [0, 0.1) is 13.8 Å². The summed E-state index contributed by atoms with van der Waals surface area (Å²) in [6.45, 7) is 7.76. The topological polar surface area (TPSA) is 52.3 Å². The Morgan fingerprint density at radius 2 is 1.75 bits per heavy atom. The molecule has 0 heterocycles. The third-order valence-electron chi connectivity index (χ3n) is 3.81. The summed E-state index contributed by atoms with van der Waals surface area (Å²) < 4.78 is 5.58. The van der Waals surface area contributed by atoms with E-state index in [4.69, 9.17) is 10.5 Å². The lowest BCUT2D eigenvalue weighted by Crippen LogP contribution is -2.33. The number of esters is 1. The second-order valence-electron chi connectivity index (χ2n) is 6.15. The van der Waals surface area contributed by atoms with Gasteiger partial charge in [-0.2, -0.15) is 0 Å². The van der Waals surface area contributed by atoms with E-state index in [9.17, 15) is 4.79 Å². The first-order valence-electron chi connectivity index (χ1n) is 8.13. The Hall–Kier alpha value is -1.78. The first-order chi connectivity index (χ1) is 11.4. The molecular formula is C20H25NO2S. The number of thioether (sulfide) groups is 1. The highest BCUT2D eigenvalue weighted by molar-refractivity contribution is 7.99. The van der Waals surface area contributed by atoms with Crippen LogP contribution in [0.4, 0.5) is 0 Å². The molecule has 128 valence electrons. The van der Waals surface area contributed by atoms with Gasteiger partial charge in [-0.1, -0.05) is 48.0 Å². The van der Waals surface area contributed by atoms with Crippen LogP contribution < -0.4 is 5.73 Å². The standard InChI is InChI=1S/C20H25NO2S/c1-13-10-11-18(14(2)12-13)24-19(17-8-6-5-7-9-17)16(4)23-20(22)15(3)21/h5-12,15-16,19H,21H2,1-4H3/t15-,16-,19-/m0/s1.